The molecule has 1 aromatic carbocycles. The van der Waals surface area contributed by atoms with Gasteiger partial charge in [-0.3, -0.25) is 9.89 Å². The van der Waals surface area contributed by atoms with Crippen LogP contribution in [0.1, 0.15) is 27.0 Å². The van der Waals surface area contributed by atoms with Gasteiger partial charge in [-0.25, -0.2) is 0 Å². The number of H-pyrrole nitrogens is 1. The molecule has 1 unspecified atom stereocenters. The van der Waals surface area contributed by atoms with E-state index in [0.717, 1.165) is 27.4 Å². The number of amides is 1. The molecule has 1 aliphatic rings. The number of aromatic nitrogens is 2. The maximum absolute atomic E-state index is 13.2. The van der Waals surface area contributed by atoms with Crippen molar-refractivity contribution in [2.75, 3.05) is 27.9 Å². The number of carbonyl (C=O) groups excluding carboxylic acids is 1. The van der Waals surface area contributed by atoms with E-state index in [4.69, 9.17) is 14.2 Å². The minimum atomic E-state index is -0.511. The van der Waals surface area contributed by atoms with Crippen molar-refractivity contribution in [2.45, 2.75) is 12.3 Å². The highest BCUT2D eigenvalue weighted by molar-refractivity contribution is 7.10. The summed E-state index contributed by atoms with van der Waals surface area (Å²) in [5, 5.41) is 9.41. The first-order chi connectivity index (χ1) is 13.7. The molecule has 0 bridgehead atoms. The first kappa shape index (κ1) is 18.7. The van der Waals surface area contributed by atoms with Gasteiger partial charge in [0.05, 0.1) is 25.4 Å². The second kappa shape index (κ2) is 7.75. The fourth-order valence-electron chi connectivity index (χ4n) is 3.52. The number of methoxy groups -OCH3 is 3. The van der Waals surface area contributed by atoms with Crippen LogP contribution in [0, 0.1) is 0 Å². The number of aromatic amines is 1. The highest BCUT2D eigenvalue weighted by Crippen LogP contribution is 2.44. The van der Waals surface area contributed by atoms with Gasteiger partial charge in [-0.15, -0.1) is 11.3 Å². The molecule has 1 N–H and O–H groups in total. The van der Waals surface area contributed by atoms with Gasteiger partial charge in [-0.2, -0.15) is 5.10 Å². The Morgan fingerprint density at radius 2 is 2.04 bits per heavy atom. The normalized spacial score (nSPS) is 16.1. The maximum Gasteiger partial charge on any atom is 0.273 e. The van der Waals surface area contributed by atoms with Crippen LogP contribution in [0.5, 0.6) is 5.75 Å². The van der Waals surface area contributed by atoms with Crippen LogP contribution in [0.3, 0.4) is 0 Å². The molecule has 3 aromatic rings. The zero-order chi connectivity index (χ0) is 19.7. The second-order valence-electron chi connectivity index (χ2n) is 6.37. The average Bonchev–Trinajstić information content (AvgIpc) is 3.45. The van der Waals surface area contributed by atoms with Crippen LogP contribution in [0.25, 0.3) is 11.3 Å². The van der Waals surface area contributed by atoms with Crippen LogP contribution in [-0.4, -0.2) is 55.2 Å². The standard InChI is InChI=1S/C20H21N3O4S/c1-25-13-7-4-6-12(10-13)17-16-18(22-21-17)20(24)23(11-15(26-2)27-3)19(16)14-8-5-9-28-14/h4-10,15,19H,11H2,1-3H3,(H,21,22). The second-order valence-corrected chi connectivity index (χ2v) is 7.35. The third kappa shape index (κ3) is 3.09. The molecule has 4 rings (SSSR count). The Kier molecular flexibility index (Phi) is 5.17. The van der Waals surface area contributed by atoms with Crippen LogP contribution >= 0.6 is 11.3 Å². The summed E-state index contributed by atoms with van der Waals surface area (Å²) in [5.41, 5.74) is 3.01. The summed E-state index contributed by atoms with van der Waals surface area (Å²) in [6.07, 6.45) is -0.511. The molecular weight excluding hydrogens is 378 g/mol. The molecule has 3 heterocycles. The number of rotatable bonds is 7. The topological polar surface area (TPSA) is 76.7 Å². The summed E-state index contributed by atoms with van der Waals surface area (Å²) in [6, 6.07) is 11.4. The zero-order valence-corrected chi connectivity index (χ0v) is 16.7. The highest BCUT2D eigenvalue weighted by Gasteiger charge is 2.43. The summed E-state index contributed by atoms with van der Waals surface area (Å²) < 4.78 is 16.0. The monoisotopic (exact) mass is 399 g/mol. The lowest BCUT2D eigenvalue weighted by Gasteiger charge is -2.28. The van der Waals surface area contributed by atoms with Crippen molar-refractivity contribution in [1.82, 2.24) is 15.1 Å². The van der Waals surface area contributed by atoms with Crippen LogP contribution in [0.15, 0.2) is 41.8 Å². The number of benzene rings is 1. The van der Waals surface area contributed by atoms with E-state index >= 15 is 0 Å². The molecule has 146 valence electrons. The van der Waals surface area contributed by atoms with Crippen molar-refractivity contribution in [1.29, 1.82) is 0 Å². The summed E-state index contributed by atoms with van der Waals surface area (Å²) in [7, 11) is 4.76. The molecule has 0 fully saturated rings. The maximum atomic E-state index is 13.2. The number of hydrogen-bond acceptors (Lipinski definition) is 6. The summed E-state index contributed by atoms with van der Waals surface area (Å²) in [6.45, 7) is 0.314. The van der Waals surface area contributed by atoms with Gasteiger partial charge < -0.3 is 19.1 Å². The van der Waals surface area contributed by atoms with Crippen LogP contribution in [0.4, 0.5) is 0 Å². The van der Waals surface area contributed by atoms with Crippen molar-refractivity contribution in [3.63, 3.8) is 0 Å². The molecule has 2 aromatic heterocycles. The minimum Gasteiger partial charge on any atom is -0.497 e. The van der Waals surface area contributed by atoms with E-state index in [1.54, 1.807) is 37.6 Å². The summed E-state index contributed by atoms with van der Waals surface area (Å²) in [4.78, 5) is 16.0. The third-order valence-corrected chi connectivity index (χ3v) is 5.82. The number of thiophene rings is 1. The predicted octanol–water partition coefficient (Wildman–Crippen LogP) is 3.31. The van der Waals surface area contributed by atoms with E-state index in [9.17, 15) is 4.79 Å². The smallest absolute Gasteiger partial charge is 0.273 e. The Hall–Kier alpha value is -2.68. The molecule has 0 saturated heterocycles. The van der Waals surface area contributed by atoms with E-state index in [1.165, 1.54) is 0 Å². The first-order valence-electron chi connectivity index (χ1n) is 8.80. The van der Waals surface area contributed by atoms with Gasteiger partial charge in [0.2, 0.25) is 0 Å². The van der Waals surface area contributed by atoms with Crippen molar-refractivity contribution < 1.29 is 19.0 Å². The van der Waals surface area contributed by atoms with E-state index in [-0.39, 0.29) is 11.9 Å². The van der Waals surface area contributed by atoms with Gasteiger partial charge in [0, 0.05) is 30.2 Å². The van der Waals surface area contributed by atoms with Gasteiger partial charge in [0.15, 0.2) is 6.29 Å². The quantitative estimate of drug-likeness (QED) is 0.617. The van der Waals surface area contributed by atoms with Gasteiger partial charge in [0.1, 0.15) is 11.4 Å². The van der Waals surface area contributed by atoms with E-state index in [0.29, 0.717) is 12.2 Å². The van der Waals surface area contributed by atoms with Crippen molar-refractivity contribution in [3.8, 4) is 17.0 Å². The molecule has 1 atom stereocenters. The molecule has 0 spiro atoms. The fourth-order valence-corrected chi connectivity index (χ4v) is 4.37. The number of nitrogens with zero attached hydrogens (tertiary/aromatic N) is 2. The first-order valence-corrected chi connectivity index (χ1v) is 9.68. The minimum absolute atomic E-state index is 0.117. The number of ether oxygens (including phenoxy) is 3. The number of carbonyl (C=O) groups is 1. The van der Waals surface area contributed by atoms with Crippen molar-refractivity contribution in [2.24, 2.45) is 0 Å². The molecule has 0 radical (unpaired) electrons. The molecule has 0 saturated carbocycles. The third-order valence-electron chi connectivity index (χ3n) is 4.89. The Morgan fingerprint density at radius 1 is 1.21 bits per heavy atom. The SMILES string of the molecule is COc1cccc(-c2n[nH]c3c2C(c2cccs2)N(CC(OC)OC)C3=O)c1. The molecular formula is C20H21N3O4S. The lowest BCUT2D eigenvalue weighted by atomic mass is 10.0. The lowest BCUT2D eigenvalue weighted by Crippen LogP contribution is -2.37. The molecule has 28 heavy (non-hydrogen) atoms. The average molecular weight is 399 g/mol. The van der Waals surface area contributed by atoms with Crippen LogP contribution in [-0.2, 0) is 9.47 Å². The Labute approximate surface area is 166 Å². The number of nitrogens with one attached hydrogen (secondary N) is 1. The number of fused-ring (bicyclic) bond motifs is 1. The van der Waals surface area contributed by atoms with Gasteiger partial charge in [0.25, 0.3) is 5.91 Å². The molecule has 7 nitrogen and oxygen atoms in total. The van der Waals surface area contributed by atoms with Crippen molar-refractivity contribution in [3.05, 3.63) is 57.9 Å². The van der Waals surface area contributed by atoms with Gasteiger partial charge in [-0.05, 0) is 23.6 Å². The van der Waals surface area contributed by atoms with Gasteiger partial charge >= 0.3 is 0 Å². The Balaban J connectivity index is 1.82. The van der Waals surface area contributed by atoms with Crippen LogP contribution in [0.2, 0.25) is 0 Å². The predicted molar refractivity (Wildman–Crippen MR) is 106 cm³/mol. The number of hydrogen-bond donors (Lipinski definition) is 1. The zero-order valence-electron chi connectivity index (χ0n) is 15.8. The van der Waals surface area contributed by atoms with E-state index < -0.39 is 6.29 Å². The van der Waals surface area contributed by atoms with Crippen LogP contribution < -0.4 is 4.74 Å². The summed E-state index contributed by atoms with van der Waals surface area (Å²) in [5.74, 6) is 0.621. The van der Waals surface area contributed by atoms with E-state index in [1.807, 2.05) is 41.8 Å². The van der Waals surface area contributed by atoms with Crippen molar-refractivity contribution >= 4 is 17.2 Å². The van der Waals surface area contributed by atoms with E-state index in [2.05, 4.69) is 10.2 Å². The highest BCUT2D eigenvalue weighted by atomic mass is 32.1. The van der Waals surface area contributed by atoms with Gasteiger partial charge in [-0.1, -0.05) is 18.2 Å². The molecule has 8 heteroatoms. The Bertz CT molecular complexity index is 966. The lowest BCUT2D eigenvalue weighted by molar-refractivity contribution is -0.113. The fraction of sp³-hybridized carbons (Fsp3) is 0.300. The molecule has 1 amide bonds. The largest absolute Gasteiger partial charge is 0.497 e. The summed E-state index contributed by atoms with van der Waals surface area (Å²) >= 11 is 1.60. The Morgan fingerprint density at radius 3 is 2.71 bits per heavy atom. The molecule has 1 aliphatic heterocycles. The molecule has 0 aliphatic carbocycles.